The first kappa shape index (κ1) is 21.7. The van der Waals surface area contributed by atoms with Crippen LogP contribution in [-0.2, 0) is 14.2 Å². The molecular formula is C16H33F2NO3. The van der Waals surface area contributed by atoms with Gasteiger partial charge in [0.1, 0.15) is 6.61 Å². The second kappa shape index (κ2) is 9.75. The fourth-order valence-electron chi connectivity index (χ4n) is 1.54. The Morgan fingerprint density at radius 2 is 1.36 bits per heavy atom. The van der Waals surface area contributed by atoms with Crippen molar-refractivity contribution in [3.63, 3.8) is 0 Å². The van der Waals surface area contributed by atoms with Gasteiger partial charge in [0, 0.05) is 18.5 Å². The summed E-state index contributed by atoms with van der Waals surface area (Å²) in [5, 5.41) is 3.04. The molecule has 0 saturated heterocycles. The van der Waals surface area contributed by atoms with Gasteiger partial charge in [0.2, 0.25) is 0 Å². The molecule has 0 aromatic carbocycles. The summed E-state index contributed by atoms with van der Waals surface area (Å²) >= 11 is 0. The average Bonchev–Trinajstić information content (AvgIpc) is 2.29. The summed E-state index contributed by atoms with van der Waals surface area (Å²) in [4.78, 5) is 0. The van der Waals surface area contributed by atoms with Crippen molar-refractivity contribution in [2.45, 2.75) is 65.0 Å². The number of halogens is 2. The highest BCUT2D eigenvalue weighted by atomic mass is 19.3. The van der Waals surface area contributed by atoms with E-state index in [0.29, 0.717) is 19.8 Å². The standard InChI is InChI=1S/C16H33F2NO3/c1-14(2,3)19-8-7-16(17,18)13-21-10-9-20-11-12-22-15(4,5)6/h19H,7-13H2,1-6H3. The van der Waals surface area contributed by atoms with Gasteiger partial charge in [-0.3, -0.25) is 0 Å². The average molecular weight is 325 g/mol. The van der Waals surface area contributed by atoms with Crippen LogP contribution in [0.4, 0.5) is 8.78 Å². The third kappa shape index (κ3) is 16.1. The number of hydrogen-bond donors (Lipinski definition) is 1. The lowest BCUT2D eigenvalue weighted by molar-refractivity contribution is -0.0938. The molecule has 0 heterocycles. The highest BCUT2D eigenvalue weighted by Gasteiger charge is 2.29. The Balaban J connectivity index is 3.53. The van der Waals surface area contributed by atoms with E-state index in [1.807, 2.05) is 41.5 Å². The van der Waals surface area contributed by atoms with Crippen LogP contribution in [0.1, 0.15) is 48.0 Å². The van der Waals surface area contributed by atoms with Gasteiger partial charge in [-0.05, 0) is 41.5 Å². The van der Waals surface area contributed by atoms with Gasteiger partial charge in [-0.2, -0.15) is 0 Å². The van der Waals surface area contributed by atoms with E-state index in [4.69, 9.17) is 14.2 Å². The van der Waals surface area contributed by atoms with E-state index in [-0.39, 0.29) is 30.7 Å². The zero-order chi connectivity index (χ0) is 17.3. The number of ether oxygens (including phenoxy) is 3. The zero-order valence-corrected chi connectivity index (χ0v) is 14.9. The summed E-state index contributed by atoms with van der Waals surface area (Å²) in [6.45, 7) is 12.8. The minimum absolute atomic E-state index is 0.153. The van der Waals surface area contributed by atoms with Gasteiger partial charge in [0.25, 0.3) is 5.92 Å². The Labute approximate surface area is 133 Å². The van der Waals surface area contributed by atoms with E-state index in [0.717, 1.165) is 0 Å². The second-order valence-electron chi connectivity index (χ2n) is 7.41. The van der Waals surface area contributed by atoms with Crippen LogP contribution in [0.2, 0.25) is 0 Å². The molecule has 0 aliphatic heterocycles. The topological polar surface area (TPSA) is 39.7 Å². The summed E-state index contributed by atoms with van der Waals surface area (Å²) < 4.78 is 42.8. The van der Waals surface area contributed by atoms with E-state index in [1.54, 1.807) is 0 Å². The lowest BCUT2D eigenvalue weighted by Crippen LogP contribution is -2.39. The van der Waals surface area contributed by atoms with E-state index >= 15 is 0 Å². The van der Waals surface area contributed by atoms with Gasteiger partial charge in [-0.15, -0.1) is 0 Å². The molecule has 0 bridgehead atoms. The van der Waals surface area contributed by atoms with Gasteiger partial charge in [0.05, 0.1) is 32.0 Å². The van der Waals surface area contributed by atoms with Gasteiger partial charge < -0.3 is 19.5 Å². The van der Waals surface area contributed by atoms with E-state index in [1.165, 1.54) is 0 Å². The third-order valence-corrected chi connectivity index (χ3v) is 2.59. The quantitative estimate of drug-likeness (QED) is 0.592. The van der Waals surface area contributed by atoms with E-state index in [9.17, 15) is 8.78 Å². The Morgan fingerprint density at radius 1 is 0.818 bits per heavy atom. The van der Waals surface area contributed by atoms with Crippen LogP contribution in [0.25, 0.3) is 0 Å². The minimum atomic E-state index is -2.81. The van der Waals surface area contributed by atoms with Crippen LogP contribution >= 0.6 is 0 Å². The van der Waals surface area contributed by atoms with Crippen molar-refractivity contribution in [1.29, 1.82) is 0 Å². The molecule has 0 aromatic heterocycles. The molecule has 4 nitrogen and oxygen atoms in total. The highest BCUT2D eigenvalue weighted by molar-refractivity contribution is 4.73. The van der Waals surface area contributed by atoms with Crippen molar-refractivity contribution in [2.24, 2.45) is 0 Å². The molecule has 22 heavy (non-hydrogen) atoms. The molecule has 134 valence electrons. The van der Waals surface area contributed by atoms with Crippen LogP contribution in [-0.4, -0.2) is 56.6 Å². The Bertz CT molecular complexity index is 286. The number of nitrogens with one attached hydrogen (secondary N) is 1. The summed E-state index contributed by atoms with van der Waals surface area (Å²) in [5.74, 6) is -2.81. The molecule has 6 heteroatoms. The minimum Gasteiger partial charge on any atom is -0.377 e. The Hall–Kier alpha value is -0.300. The molecule has 0 radical (unpaired) electrons. The second-order valence-corrected chi connectivity index (χ2v) is 7.41. The normalized spacial score (nSPS) is 13.6. The van der Waals surface area contributed by atoms with Crippen molar-refractivity contribution < 1.29 is 23.0 Å². The van der Waals surface area contributed by atoms with Gasteiger partial charge in [0.15, 0.2) is 0 Å². The van der Waals surface area contributed by atoms with Crippen LogP contribution in [0.3, 0.4) is 0 Å². The first-order chi connectivity index (χ1) is 9.91. The zero-order valence-electron chi connectivity index (χ0n) is 14.9. The van der Waals surface area contributed by atoms with Crippen molar-refractivity contribution >= 4 is 0 Å². The van der Waals surface area contributed by atoms with E-state index in [2.05, 4.69) is 5.32 Å². The first-order valence-corrected chi connectivity index (χ1v) is 7.84. The van der Waals surface area contributed by atoms with Crippen molar-refractivity contribution in [3.8, 4) is 0 Å². The maximum absolute atomic E-state index is 13.5. The molecule has 0 aliphatic rings. The van der Waals surface area contributed by atoms with Gasteiger partial charge in [-0.25, -0.2) is 8.78 Å². The Kier molecular flexibility index (Phi) is 9.62. The number of hydrogen-bond acceptors (Lipinski definition) is 4. The van der Waals surface area contributed by atoms with Gasteiger partial charge >= 0.3 is 0 Å². The molecule has 0 rings (SSSR count). The maximum Gasteiger partial charge on any atom is 0.272 e. The monoisotopic (exact) mass is 325 g/mol. The third-order valence-electron chi connectivity index (χ3n) is 2.59. The summed E-state index contributed by atoms with van der Waals surface area (Å²) in [5.41, 5.74) is -0.344. The molecule has 0 aliphatic carbocycles. The molecule has 0 fully saturated rings. The molecule has 0 unspecified atom stereocenters. The van der Waals surface area contributed by atoms with Crippen LogP contribution in [0, 0.1) is 0 Å². The maximum atomic E-state index is 13.5. The number of rotatable bonds is 11. The molecule has 0 amide bonds. The molecule has 0 atom stereocenters. The Morgan fingerprint density at radius 3 is 1.91 bits per heavy atom. The smallest absolute Gasteiger partial charge is 0.272 e. The van der Waals surface area contributed by atoms with Crippen molar-refractivity contribution in [2.75, 3.05) is 39.6 Å². The van der Waals surface area contributed by atoms with Crippen LogP contribution in [0.15, 0.2) is 0 Å². The van der Waals surface area contributed by atoms with E-state index < -0.39 is 12.5 Å². The number of alkyl halides is 2. The van der Waals surface area contributed by atoms with Gasteiger partial charge in [-0.1, -0.05) is 0 Å². The summed E-state index contributed by atoms with van der Waals surface area (Å²) in [7, 11) is 0. The van der Waals surface area contributed by atoms with Crippen molar-refractivity contribution in [1.82, 2.24) is 5.32 Å². The largest absolute Gasteiger partial charge is 0.377 e. The van der Waals surface area contributed by atoms with Crippen LogP contribution in [0.5, 0.6) is 0 Å². The molecule has 0 spiro atoms. The summed E-state index contributed by atoms with van der Waals surface area (Å²) in [6.07, 6.45) is -0.232. The first-order valence-electron chi connectivity index (χ1n) is 7.84. The fraction of sp³-hybridized carbons (Fsp3) is 1.00. The predicted molar refractivity (Wildman–Crippen MR) is 84.7 cm³/mol. The predicted octanol–water partition coefficient (Wildman–Crippen LogP) is 3.25. The lowest BCUT2D eigenvalue weighted by atomic mass is 10.1. The summed E-state index contributed by atoms with van der Waals surface area (Å²) in [6, 6.07) is 0. The molecular weight excluding hydrogens is 292 g/mol. The lowest BCUT2D eigenvalue weighted by Gasteiger charge is -2.23. The SMILES string of the molecule is CC(C)(C)NCCC(F)(F)COCCOCCOC(C)(C)C. The van der Waals surface area contributed by atoms with Crippen molar-refractivity contribution in [3.05, 3.63) is 0 Å². The molecule has 0 saturated carbocycles. The fourth-order valence-corrected chi connectivity index (χ4v) is 1.54. The molecule has 1 N–H and O–H groups in total. The highest BCUT2D eigenvalue weighted by Crippen LogP contribution is 2.18. The molecule has 0 aromatic rings. The van der Waals surface area contributed by atoms with Crippen LogP contribution < -0.4 is 5.32 Å².